The second-order valence-electron chi connectivity index (χ2n) is 9.71. The molecule has 3 aromatic rings. The van der Waals surface area contributed by atoms with Crippen molar-refractivity contribution in [3.63, 3.8) is 0 Å². The number of carbonyl (C=O) groups excluding carboxylic acids is 2. The molecule has 1 atom stereocenters. The lowest BCUT2D eigenvalue weighted by atomic mass is 9.95. The van der Waals surface area contributed by atoms with Gasteiger partial charge in [0.1, 0.15) is 24.7 Å². The minimum atomic E-state index is -0.763. The van der Waals surface area contributed by atoms with Crippen LogP contribution in [0.5, 0.6) is 17.2 Å². The first-order valence-corrected chi connectivity index (χ1v) is 13.5. The Kier molecular flexibility index (Phi) is 8.16. The Balaban J connectivity index is 1.53. The number of benzene rings is 3. The number of amides is 1. The summed E-state index contributed by atoms with van der Waals surface area (Å²) in [6.07, 6.45) is 3.69. The van der Waals surface area contributed by atoms with Gasteiger partial charge in [0.05, 0.1) is 18.2 Å². The molecule has 3 aromatic carbocycles. The van der Waals surface area contributed by atoms with Gasteiger partial charge in [-0.15, -0.1) is 0 Å². The van der Waals surface area contributed by atoms with Gasteiger partial charge in [0.15, 0.2) is 11.5 Å². The Morgan fingerprint density at radius 1 is 0.949 bits per heavy atom. The van der Waals surface area contributed by atoms with E-state index in [1.54, 1.807) is 23.1 Å². The van der Waals surface area contributed by atoms with E-state index in [1.165, 1.54) is 0 Å². The molecule has 2 heterocycles. The number of rotatable bonds is 10. The van der Waals surface area contributed by atoms with Crippen molar-refractivity contribution < 1.29 is 28.9 Å². The van der Waals surface area contributed by atoms with Gasteiger partial charge in [0.2, 0.25) is 0 Å². The van der Waals surface area contributed by atoms with Crippen LogP contribution in [0.3, 0.4) is 0 Å². The van der Waals surface area contributed by atoms with Crippen molar-refractivity contribution in [3.8, 4) is 17.2 Å². The number of hydrogen-bond acceptors (Lipinski definition) is 6. The van der Waals surface area contributed by atoms with Crippen LogP contribution in [0.15, 0.2) is 78.4 Å². The molecule has 202 valence electrons. The number of fused-ring (bicyclic) bond motifs is 1. The summed E-state index contributed by atoms with van der Waals surface area (Å²) in [5.41, 5.74) is 2.19. The van der Waals surface area contributed by atoms with Crippen molar-refractivity contribution in [2.45, 2.75) is 38.6 Å². The van der Waals surface area contributed by atoms with Crippen LogP contribution in [-0.2, 0) is 16.0 Å². The Bertz CT molecular complexity index is 1370. The summed E-state index contributed by atoms with van der Waals surface area (Å²) in [5, 5.41) is 11.5. The van der Waals surface area contributed by atoms with Crippen LogP contribution in [-0.4, -0.2) is 48.1 Å². The van der Waals surface area contributed by atoms with Crippen LogP contribution >= 0.6 is 0 Å². The molecule has 0 bridgehead atoms. The first-order chi connectivity index (χ1) is 19.1. The van der Waals surface area contributed by atoms with Crippen molar-refractivity contribution >= 4 is 17.4 Å². The van der Waals surface area contributed by atoms with E-state index in [2.05, 4.69) is 6.92 Å². The molecule has 2 aliphatic heterocycles. The maximum Gasteiger partial charge on any atom is 0.295 e. The molecule has 7 heteroatoms. The summed E-state index contributed by atoms with van der Waals surface area (Å²) in [4.78, 5) is 28.4. The van der Waals surface area contributed by atoms with Crippen LogP contribution in [0.2, 0.25) is 0 Å². The van der Waals surface area contributed by atoms with Gasteiger partial charge in [0.25, 0.3) is 11.7 Å². The molecule has 0 aromatic heterocycles. The fraction of sp³-hybridized carbons (Fsp3) is 0.312. The first kappa shape index (κ1) is 26.4. The molecule has 0 saturated carbocycles. The molecule has 0 unspecified atom stereocenters. The summed E-state index contributed by atoms with van der Waals surface area (Å²) in [7, 11) is 0. The number of unbranched alkanes of at least 4 members (excludes halogenated alkanes) is 2. The molecule has 5 rings (SSSR count). The average Bonchev–Trinajstić information content (AvgIpc) is 3.23. The number of ether oxygens (including phenoxy) is 3. The third kappa shape index (κ3) is 5.77. The molecular formula is C32H33NO6. The van der Waals surface area contributed by atoms with Crippen molar-refractivity contribution in [1.82, 2.24) is 4.90 Å². The minimum absolute atomic E-state index is 0.0490. The molecule has 39 heavy (non-hydrogen) atoms. The molecule has 0 spiro atoms. The van der Waals surface area contributed by atoms with E-state index in [9.17, 15) is 14.7 Å². The van der Waals surface area contributed by atoms with E-state index in [0.717, 1.165) is 24.8 Å². The van der Waals surface area contributed by atoms with E-state index in [-0.39, 0.29) is 11.3 Å². The van der Waals surface area contributed by atoms with Crippen LogP contribution in [0.4, 0.5) is 0 Å². The molecule has 7 nitrogen and oxygen atoms in total. The lowest BCUT2D eigenvalue weighted by Gasteiger charge is -2.26. The Hall–Kier alpha value is -4.26. The van der Waals surface area contributed by atoms with Gasteiger partial charge in [-0.2, -0.15) is 0 Å². The monoisotopic (exact) mass is 527 g/mol. The van der Waals surface area contributed by atoms with Gasteiger partial charge in [-0.3, -0.25) is 9.59 Å². The fourth-order valence-electron chi connectivity index (χ4n) is 5.01. The Morgan fingerprint density at radius 3 is 2.54 bits per heavy atom. The molecule has 2 aliphatic rings. The Morgan fingerprint density at radius 2 is 1.74 bits per heavy atom. The highest BCUT2D eigenvalue weighted by atomic mass is 16.6. The number of ketones is 1. The first-order valence-electron chi connectivity index (χ1n) is 13.5. The smallest absolute Gasteiger partial charge is 0.295 e. The average molecular weight is 528 g/mol. The zero-order chi connectivity index (χ0) is 27.2. The second-order valence-corrected chi connectivity index (χ2v) is 9.71. The normalized spacial score (nSPS) is 17.9. The number of hydrogen-bond donors (Lipinski definition) is 1. The summed E-state index contributed by atoms with van der Waals surface area (Å²) < 4.78 is 17.2. The number of likely N-dealkylation sites (tertiary alicyclic amines) is 1. The zero-order valence-electron chi connectivity index (χ0n) is 22.1. The lowest BCUT2D eigenvalue weighted by Crippen LogP contribution is -2.31. The van der Waals surface area contributed by atoms with Crippen LogP contribution in [0, 0.1) is 0 Å². The highest BCUT2D eigenvalue weighted by molar-refractivity contribution is 6.46. The molecule has 0 aliphatic carbocycles. The number of Topliss-reactive ketones (excluding diaryl/α,β-unsaturated/α-hetero) is 1. The van der Waals surface area contributed by atoms with Gasteiger partial charge in [-0.1, -0.05) is 62.2 Å². The topological polar surface area (TPSA) is 85.3 Å². The molecule has 0 radical (unpaired) electrons. The number of nitrogens with zero attached hydrogens (tertiary/aromatic N) is 1. The highest BCUT2D eigenvalue weighted by Gasteiger charge is 2.46. The third-order valence-electron chi connectivity index (χ3n) is 7.03. The molecule has 1 amide bonds. The minimum Gasteiger partial charge on any atom is -0.507 e. The van der Waals surface area contributed by atoms with Gasteiger partial charge in [0, 0.05) is 12.1 Å². The van der Waals surface area contributed by atoms with Crippen molar-refractivity contribution in [1.29, 1.82) is 0 Å². The van der Waals surface area contributed by atoms with E-state index in [0.29, 0.717) is 61.2 Å². The lowest BCUT2D eigenvalue weighted by molar-refractivity contribution is -0.139. The summed E-state index contributed by atoms with van der Waals surface area (Å²) >= 11 is 0. The van der Waals surface area contributed by atoms with Crippen molar-refractivity contribution in [3.05, 3.63) is 95.1 Å². The fourth-order valence-corrected chi connectivity index (χ4v) is 5.01. The SMILES string of the molecule is CCCCCOc1cccc([C@@H]2C(=C(O)c3ccc4c(c3)OCCO4)C(=O)C(=O)N2CCc2ccccc2)c1. The van der Waals surface area contributed by atoms with E-state index < -0.39 is 17.7 Å². The van der Waals surface area contributed by atoms with Gasteiger partial charge in [-0.25, -0.2) is 0 Å². The van der Waals surface area contributed by atoms with Crippen molar-refractivity contribution in [2.24, 2.45) is 0 Å². The molecular weight excluding hydrogens is 494 g/mol. The molecule has 1 fully saturated rings. The van der Waals surface area contributed by atoms with Gasteiger partial charge in [-0.05, 0) is 54.3 Å². The standard InChI is InChI=1S/C32H33NO6/c1-2-3-7-17-37-25-12-8-11-23(20-25)29-28(30(34)24-13-14-26-27(21-24)39-19-18-38-26)31(35)32(36)33(29)16-15-22-9-5-4-6-10-22/h4-6,8-14,20-21,29,34H,2-3,7,15-19H2,1H3/t29-/m1/s1. The summed E-state index contributed by atoms with van der Waals surface area (Å²) in [6, 6.07) is 21.5. The number of carbonyl (C=O) groups is 2. The zero-order valence-corrected chi connectivity index (χ0v) is 22.1. The molecule has 1 N–H and O–H groups in total. The predicted molar refractivity (Wildman–Crippen MR) is 148 cm³/mol. The maximum absolute atomic E-state index is 13.4. The second kappa shape index (κ2) is 12.1. The number of aliphatic hydroxyl groups excluding tert-OH is 1. The molecule has 1 saturated heterocycles. The largest absolute Gasteiger partial charge is 0.507 e. The highest BCUT2D eigenvalue weighted by Crippen LogP contribution is 2.41. The van der Waals surface area contributed by atoms with Crippen LogP contribution in [0.25, 0.3) is 5.76 Å². The maximum atomic E-state index is 13.4. The van der Waals surface area contributed by atoms with Crippen molar-refractivity contribution in [2.75, 3.05) is 26.4 Å². The third-order valence-corrected chi connectivity index (χ3v) is 7.03. The van der Waals surface area contributed by atoms with E-state index >= 15 is 0 Å². The number of aliphatic hydroxyl groups is 1. The van der Waals surface area contributed by atoms with Gasteiger partial charge < -0.3 is 24.2 Å². The quantitative estimate of drug-likeness (QED) is 0.158. The van der Waals surface area contributed by atoms with E-state index in [1.807, 2.05) is 54.6 Å². The van der Waals surface area contributed by atoms with Crippen LogP contribution < -0.4 is 14.2 Å². The van der Waals surface area contributed by atoms with E-state index in [4.69, 9.17) is 14.2 Å². The predicted octanol–water partition coefficient (Wildman–Crippen LogP) is 5.69. The Labute approximate surface area is 228 Å². The van der Waals surface area contributed by atoms with Crippen LogP contribution in [0.1, 0.15) is 48.9 Å². The summed E-state index contributed by atoms with van der Waals surface area (Å²) in [6.45, 7) is 3.89. The van der Waals surface area contributed by atoms with Gasteiger partial charge >= 0.3 is 0 Å². The summed E-state index contributed by atoms with van der Waals surface area (Å²) in [5.74, 6) is 0.135.